The molecule has 1 N–H and O–H groups in total. The molecule has 0 unspecified atom stereocenters. The van der Waals surface area contributed by atoms with Gasteiger partial charge in [0.15, 0.2) is 0 Å². The molecule has 0 saturated heterocycles. The summed E-state index contributed by atoms with van der Waals surface area (Å²) in [5.74, 6) is -2.53. The van der Waals surface area contributed by atoms with Gasteiger partial charge in [0.2, 0.25) is 0 Å². The Morgan fingerprint density at radius 3 is 2.38 bits per heavy atom. The largest absolute Gasteiger partial charge is 0.475 e. The Morgan fingerprint density at radius 1 is 0.958 bits per heavy atom. The second-order valence-electron chi connectivity index (χ2n) is 5.13. The van der Waals surface area contributed by atoms with E-state index in [2.05, 4.69) is 4.98 Å². The van der Waals surface area contributed by atoms with Crippen LogP contribution in [0.25, 0.3) is 22.6 Å². The summed E-state index contributed by atoms with van der Waals surface area (Å²) in [6.45, 7) is 0. The molecule has 0 atom stereocenters. The Bertz CT molecular complexity index is 962. The molecule has 0 aliphatic rings. The zero-order valence-corrected chi connectivity index (χ0v) is 13.2. The SMILES string of the molecule is O=C(O)C(=O)/C(=C/c1ccc(Cl)cc1)c1ccc2ccccc2n1. The van der Waals surface area contributed by atoms with Crippen molar-refractivity contribution in [2.75, 3.05) is 0 Å². The van der Waals surface area contributed by atoms with Crippen LogP contribution in [0.1, 0.15) is 11.3 Å². The second kappa shape index (κ2) is 6.64. The van der Waals surface area contributed by atoms with Crippen LogP contribution >= 0.6 is 11.6 Å². The van der Waals surface area contributed by atoms with Gasteiger partial charge in [-0.05, 0) is 35.9 Å². The van der Waals surface area contributed by atoms with Crippen molar-refractivity contribution >= 4 is 45.9 Å². The number of hydrogen-bond acceptors (Lipinski definition) is 3. The number of benzene rings is 2. The van der Waals surface area contributed by atoms with Crippen LogP contribution in [0.5, 0.6) is 0 Å². The van der Waals surface area contributed by atoms with Gasteiger partial charge < -0.3 is 5.11 Å². The van der Waals surface area contributed by atoms with Crippen LogP contribution in [-0.4, -0.2) is 21.8 Å². The average Bonchev–Trinajstić information content (AvgIpc) is 2.60. The number of rotatable bonds is 4. The first kappa shape index (κ1) is 15.9. The normalized spacial score (nSPS) is 11.5. The molecule has 2 aromatic carbocycles. The molecule has 0 amide bonds. The number of carboxylic acids is 1. The van der Waals surface area contributed by atoms with Crippen LogP contribution in [0.2, 0.25) is 5.02 Å². The van der Waals surface area contributed by atoms with E-state index in [0.717, 1.165) is 5.39 Å². The lowest BCUT2D eigenvalue weighted by molar-refractivity contribution is -0.146. The van der Waals surface area contributed by atoms with Crippen LogP contribution in [0.3, 0.4) is 0 Å². The Labute approximate surface area is 143 Å². The minimum atomic E-state index is -1.52. The van der Waals surface area contributed by atoms with Gasteiger partial charge >= 0.3 is 5.97 Å². The first-order valence-electron chi connectivity index (χ1n) is 7.15. The molecule has 4 nitrogen and oxygen atoms in total. The number of Topliss-reactive ketones (excluding diaryl/α,β-unsaturated/α-hetero) is 1. The minimum Gasteiger partial charge on any atom is -0.475 e. The Kier molecular flexibility index (Phi) is 4.40. The molecule has 0 aliphatic heterocycles. The van der Waals surface area contributed by atoms with Crippen LogP contribution < -0.4 is 0 Å². The third kappa shape index (κ3) is 3.34. The number of carboxylic acid groups (broad SMARTS) is 1. The first-order valence-corrected chi connectivity index (χ1v) is 7.53. The van der Waals surface area contributed by atoms with Crippen LogP contribution in [0.15, 0.2) is 60.7 Å². The van der Waals surface area contributed by atoms with Crippen molar-refractivity contribution in [2.45, 2.75) is 0 Å². The molecule has 3 aromatic rings. The number of aromatic nitrogens is 1. The molecule has 0 radical (unpaired) electrons. The lowest BCUT2D eigenvalue weighted by Gasteiger charge is -2.06. The Morgan fingerprint density at radius 2 is 1.67 bits per heavy atom. The number of hydrogen-bond donors (Lipinski definition) is 1. The standard InChI is InChI=1S/C19H12ClNO3/c20-14-8-5-12(6-9-14)11-15(18(22)19(23)24)17-10-7-13-3-1-2-4-16(13)21-17/h1-11H,(H,23,24)/b15-11+. The molecule has 0 spiro atoms. The highest BCUT2D eigenvalue weighted by Gasteiger charge is 2.20. The van der Waals surface area contributed by atoms with Crippen molar-refractivity contribution in [3.63, 3.8) is 0 Å². The molecule has 24 heavy (non-hydrogen) atoms. The number of para-hydroxylation sites is 1. The molecule has 0 bridgehead atoms. The number of carbonyl (C=O) groups excluding carboxylic acids is 1. The number of nitrogens with zero attached hydrogens (tertiary/aromatic N) is 1. The summed E-state index contributed by atoms with van der Waals surface area (Å²) < 4.78 is 0. The molecular formula is C19H12ClNO3. The monoisotopic (exact) mass is 337 g/mol. The zero-order valence-electron chi connectivity index (χ0n) is 12.4. The topological polar surface area (TPSA) is 67.3 Å². The maximum Gasteiger partial charge on any atom is 0.377 e. The summed E-state index contributed by atoms with van der Waals surface area (Å²) in [7, 11) is 0. The van der Waals surface area contributed by atoms with Gasteiger partial charge in [-0.2, -0.15) is 0 Å². The van der Waals surface area contributed by atoms with E-state index in [0.29, 0.717) is 21.8 Å². The third-order valence-corrected chi connectivity index (χ3v) is 3.75. The highest BCUT2D eigenvalue weighted by Crippen LogP contribution is 2.22. The van der Waals surface area contributed by atoms with Gasteiger partial charge in [0.05, 0.1) is 16.8 Å². The molecule has 0 fully saturated rings. The lowest BCUT2D eigenvalue weighted by Crippen LogP contribution is -2.15. The highest BCUT2D eigenvalue weighted by molar-refractivity contribution is 6.52. The summed E-state index contributed by atoms with van der Waals surface area (Å²) in [4.78, 5) is 27.7. The molecule has 118 valence electrons. The van der Waals surface area contributed by atoms with E-state index in [1.54, 1.807) is 30.3 Å². The molecule has 1 aromatic heterocycles. The van der Waals surface area contributed by atoms with E-state index in [9.17, 15) is 9.59 Å². The predicted molar refractivity (Wildman–Crippen MR) is 93.7 cm³/mol. The third-order valence-electron chi connectivity index (χ3n) is 3.49. The summed E-state index contributed by atoms with van der Waals surface area (Å²) in [6, 6.07) is 17.6. The van der Waals surface area contributed by atoms with Crippen molar-refractivity contribution < 1.29 is 14.7 Å². The minimum absolute atomic E-state index is 0.0237. The van der Waals surface area contributed by atoms with E-state index in [1.807, 2.05) is 30.3 Å². The molecule has 0 saturated carbocycles. The van der Waals surface area contributed by atoms with E-state index in [1.165, 1.54) is 6.08 Å². The van der Waals surface area contributed by atoms with Gasteiger partial charge in [0.25, 0.3) is 5.78 Å². The maximum atomic E-state index is 12.1. The Balaban J connectivity index is 2.14. The van der Waals surface area contributed by atoms with Crippen molar-refractivity contribution in [2.24, 2.45) is 0 Å². The molecular weight excluding hydrogens is 326 g/mol. The fourth-order valence-electron chi connectivity index (χ4n) is 2.31. The number of carbonyl (C=O) groups is 2. The molecule has 1 heterocycles. The van der Waals surface area contributed by atoms with E-state index in [-0.39, 0.29) is 5.57 Å². The quantitative estimate of drug-likeness (QED) is 0.575. The van der Waals surface area contributed by atoms with Gasteiger partial charge in [-0.3, -0.25) is 4.79 Å². The van der Waals surface area contributed by atoms with Crippen molar-refractivity contribution in [3.8, 4) is 0 Å². The van der Waals surface area contributed by atoms with E-state index in [4.69, 9.17) is 16.7 Å². The lowest BCUT2D eigenvalue weighted by atomic mass is 10.0. The van der Waals surface area contributed by atoms with Gasteiger partial charge in [-0.25, -0.2) is 9.78 Å². The summed E-state index contributed by atoms with van der Waals surface area (Å²) in [6.07, 6.45) is 1.50. The number of aliphatic carboxylic acids is 1. The van der Waals surface area contributed by atoms with Crippen LogP contribution in [0.4, 0.5) is 0 Å². The van der Waals surface area contributed by atoms with Crippen LogP contribution in [-0.2, 0) is 9.59 Å². The molecule has 3 rings (SSSR count). The highest BCUT2D eigenvalue weighted by atomic mass is 35.5. The molecule has 0 aliphatic carbocycles. The Hall–Kier alpha value is -2.98. The smallest absolute Gasteiger partial charge is 0.377 e. The maximum absolute atomic E-state index is 12.1. The second-order valence-corrected chi connectivity index (χ2v) is 5.57. The fourth-order valence-corrected chi connectivity index (χ4v) is 2.44. The van der Waals surface area contributed by atoms with Gasteiger partial charge in [-0.15, -0.1) is 0 Å². The first-order chi connectivity index (χ1) is 11.5. The summed E-state index contributed by atoms with van der Waals surface area (Å²) in [5, 5.41) is 10.6. The van der Waals surface area contributed by atoms with E-state index < -0.39 is 11.8 Å². The van der Waals surface area contributed by atoms with Gasteiger partial charge in [0, 0.05) is 10.4 Å². The number of ketones is 1. The fraction of sp³-hybridized carbons (Fsp3) is 0. The zero-order chi connectivity index (χ0) is 17.1. The molecule has 5 heteroatoms. The number of pyridine rings is 1. The van der Waals surface area contributed by atoms with Crippen molar-refractivity contribution in [3.05, 3.63) is 76.9 Å². The predicted octanol–water partition coefficient (Wildman–Crippen LogP) is 4.08. The van der Waals surface area contributed by atoms with Crippen molar-refractivity contribution in [1.82, 2.24) is 4.98 Å². The summed E-state index contributed by atoms with van der Waals surface area (Å²) >= 11 is 5.85. The van der Waals surface area contributed by atoms with Gasteiger partial charge in [-0.1, -0.05) is 48.0 Å². The summed E-state index contributed by atoms with van der Waals surface area (Å²) in [5.41, 5.74) is 1.70. The van der Waals surface area contributed by atoms with E-state index >= 15 is 0 Å². The van der Waals surface area contributed by atoms with Crippen LogP contribution in [0, 0.1) is 0 Å². The average molecular weight is 338 g/mol. The number of fused-ring (bicyclic) bond motifs is 1. The number of halogens is 1. The van der Waals surface area contributed by atoms with Crippen molar-refractivity contribution in [1.29, 1.82) is 0 Å². The van der Waals surface area contributed by atoms with Gasteiger partial charge in [0.1, 0.15) is 0 Å².